The van der Waals surface area contributed by atoms with Crippen LogP contribution in [0.2, 0.25) is 0 Å². The van der Waals surface area contributed by atoms with E-state index in [2.05, 4.69) is 17.1 Å². The van der Waals surface area contributed by atoms with Crippen LogP contribution in [-0.2, 0) is 6.54 Å². The van der Waals surface area contributed by atoms with Crippen LogP contribution >= 0.6 is 0 Å². The van der Waals surface area contributed by atoms with Crippen molar-refractivity contribution in [3.05, 3.63) is 29.6 Å². The molecule has 0 aliphatic carbocycles. The van der Waals surface area contributed by atoms with Gasteiger partial charge in [0.1, 0.15) is 5.82 Å². The molecular formula is C17H27FN2O. The van der Waals surface area contributed by atoms with E-state index in [0.29, 0.717) is 6.54 Å². The molecule has 0 saturated carbocycles. The number of hydrogen-bond acceptors (Lipinski definition) is 3. The fourth-order valence-corrected chi connectivity index (χ4v) is 2.91. The summed E-state index contributed by atoms with van der Waals surface area (Å²) >= 11 is 0. The van der Waals surface area contributed by atoms with Crippen molar-refractivity contribution >= 4 is 5.69 Å². The predicted octanol–water partition coefficient (Wildman–Crippen LogP) is 3.07. The van der Waals surface area contributed by atoms with Crippen LogP contribution in [0.5, 0.6) is 0 Å². The van der Waals surface area contributed by atoms with Crippen LogP contribution in [-0.4, -0.2) is 30.3 Å². The molecule has 0 spiro atoms. The lowest BCUT2D eigenvalue weighted by atomic mass is 9.98. The van der Waals surface area contributed by atoms with Crippen LogP contribution < -0.4 is 10.2 Å². The summed E-state index contributed by atoms with van der Waals surface area (Å²) in [7, 11) is 0. The standard InChI is InChI=1S/C17H27FN2O/c1-3-10-19-13-14-15(18)6-4-7-16(14)20-11-5-8-17(2,21)9-12-20/h4,6-7,19,21H,3,5,8-13H2,1-2H3. The first-order chi connectivity index (χ1) is 10.0. The highest BCUT2D eigenvalue weighted by Crippen LogP contribution is 2.28. The van der Waals surface area contributed by atoms with Crippen molar-refractivity contribution in [2.75, 3.05) is 24.5 Å². The maximum Gasteiger partial charge on any atom is 0.129 e. The maximum absolute atomic E-state index is 14.2. The van der Waals surface area contributed by atoms with Gasteiger partial charge in [0.25, 0.3) is 0 Å². The number of nitrogens with zero attached hydrogens (tertiary/aromatic N) is 1. The van der Waals surface area contributed by atoms with E-state index in [1.54, 1.807) is 6.07 Å². The van der Waals surface area contributed by atoms with Crippen molar-refractivity contribution in [3.8, 4) is 0 Å². The van der Waals surface area contributed by atoms with E-state index >= 15 is 0 Å². The van der Waals surface area contributed by atoms with Crippen LogP contribution in [0, 0.1) is 5.82 Å². The number of nitrogens with one attached hydrogen (secondary N) is 1. The van der Waals surface area contributed by atoms with E-state index < -0.39 is 5.60 Å². The summed E-state index contributed by atoms with van der Waals surface area (Å²) in [5, 5.41) is 13.5. The molecule has 1 aliphatic heterocycles. The molecule has 118 valence electrons. The Morgan fingerprint density at radius 3 is 2.90 bits per heavy atom. The van der Waals surface area contributed by atoms with Crippen molar-refractivity contribution < 1.29 is 9.50 Å². The second kappa shape index (κ2) is 7.23. The summed E-state index contributed by atoms with van der Waals surface area (Å²) in [4.78, 5) is 2.22. The van der Waals surface area contributed by atoms with E-state index in [0.717, 1.165) is 56.6 Å². The molecule has 3 nitrogen and oxygen atoms in total. The number of benzene rings is 1. The Hall–Kier alpha value is -1.13. The van der Waals surface area contributed by atoms with E-state index in [1.165, 1.54) is 6.07 Å². The summed E-state index contributed by atoms with van der Waals surface area (Å²) < 4.78 is 14.2. The average Bonchev–Trinajstić information content (AvgIpc) is 2.62. The van der Waals surface area contributed by atoms with Gasteiger partial charge in [-0.1, -0.05) is 13.0 Å². The Bertz CT molecular complexity index is 462. The third-order valence-corrected chi connectivity index (χ3v) is 4.23. The Balaban J connectivity index is 2.16. The molecule has 1 heterocycles. The molecule has 1 fully saturated rings. The molecule has 0 bridgehead atoms. The van der Waals surface area contributed by atoms with Gasteiger partial charge in [-0.05, 0) is 51.3 Å². The number of halogens is 1. The summed E-state index contributed by atoms with van der Waals surface area (Å²) in [5.41, 5.74) is 1.12. The molecular weight excluding hydrogens is 267 g/mol. The van der Waals surface area contributed by atoms with Crippen LogP contribution in [0.15, 0.2) is 18.2 Å². The Morgan fingerprint density at radius 2 is 2.14 bits per heavy atom. The molecule has 1 aliphatic rings. The lowest BCUT2D eigenvalue weighted by Crippen LogP contribution is -2.29. The van der Waals surface area contributed by atoms with E-state index in [1.807, 2.05) is 13.0 Å². The molecule has 0 aromatic heterocycles. The zero-order valence-electron chi connectivity index (χ0n) is 13.2. The van der Waals surface area contributed by atoms with Gasteiger partial charge >= 0.3 is 0 Å². The first kappa shape index (κ1) is 16.2. The number of aliphatic hydroxyl groups is 1. The second-order valence-corrected chi connectivity index (χ2v) is 6.25. The fraction of sp³-hybridized carbons (Fsp3) is 0.647. The molecule has 1 atom stereocenters. The van der Waals surface area contributed by atoms with Gasteiger partial charge in [0, 0.05) is 30.9 Å². The van der Waals surface area contributed by atoms with E-state index in [-0.39, 0.29) is 5.82 Å². The molecule has 0 radical (unpaired) electrons. The first-order valence-electron chi connectivity index (χ1n) is 7.99. The minimum absolute atomic E-state index is 0.146. The van der Waals surface area contributed by atoms with Crippen molar-refractivity contribution in [2.45, 2.75) is 51.7 Å². The topological polar surface area (TPSA) is 35.5 Å². The fourth-order valence-electron chi connectivity index (χ4n) is 2.91. The molecule has 1 aromatic rings. The average molecular weight is 294 g/mol. The van der Waals surface area contributed by atoms with Crippen molar-refractivity contribution in [3.63, 3.8) is 0 Å². The normalized spacial score (nSPS) is 23.1. The highest BCUT2D eigenvalue weighted by atomic mass is 19.1. The molecule has 1 unspecified atom stereocenters. The Kier molecular flexibility index (Phi) is 5.59. The lowest BCUT2D eigenvalue weighted by Gasteiger charge is -2.27. The highest BCUT2D eigenvalue weighted by molar-refractivity contribution is 5.54. The van der Waals surface area contributed by atoms with Crippen LogP contribution in [0.3, 0.4) is 0 Å². The minimum atomic E-state index is -0.595. The van der Waals surface area contributed by atoms with Gasteiger partial charge in [0.05, 0.1) is 5.60 Å². The van der Waals surface area contributed by atoms with Gasteiger partial charge < -0.3 is 15.3 Å². The number of hydrogen-bond donors (Lipinski definition) is 2. The zero-order chi connectivity index (χ0) is 15.3. The zero-order valence-corrected chi connectivity index (χ0v) is 13.2. The van der Waals surface area contributed by atoms with E-state index in [4.69, 9.17) is 0 Å². The van der Waals surface area contributed by atoms with Gasteiger partial charge in [-0.2, -0.15) is 0 Å². The van der Waals surface area contributed by atoms with Crippen molar-refractivity contribution in [1.29, 1.82) is 0 Å². The predicted molar refractivity (Wildman–Crippen MR) is 85.1 cm³/mol. The molecule has 2 N–H and O–H groups in total. The maximum atomic E-state index is 14.2. The Labute approximate surface area is 127 Å². The Morgan fingerprint density at radius 1 is 1.33 bits per heavy atom. The molecule has 1 aromatic carbocycles. The number of anilines is 1. The summed E-state index contributed by atoms with van der Waals surface area (Å²) in [6.07, 6.45) is 3.51. The van der Waals surface area contributed by atoms with Crippen molar-refractivity contribution in [2.24, 2.45) is 0 Å². The van der Waals surface area contributed by atoms with Crippen molar-refractivity contribution in [1.82, 2.24) is 5.32 Å². The quantitative estimate of drug-likeness (QED) is 0.819. The van der Waals surface area contributed by atoms with Crippen LogP contribution in [0.4, 0.5) is 10.1 Å². The summed E-state index contributed by atoms with van der Waals surface area (Å²) in [5.74, 6) is -0.146. The number of rotatable bonds is 5. The smallest absolute Gasteiger partial charge is 0.129 e. The molecule has 21 heavy (non-hydrogen) atoms. The molecule has 2 rings (SSSR count). The van der Waals surface area contributed by atoms with Gasteiger partial charge in [-0.15, -0.1) is 0 Å². The van der Waals surface area contributed by atoms with E-state index in [9.17, 15) is 9.50 Å². The highest BCUT2D eigenvalue weighted by Gasteiger charge is 2.26. The SMILES string of the molecule is CCCNCc1c(F)cccc1N1CCCC(C)(O)CC1. The van der Waals surface area contributed by atoms with Gasteiger partial charge in [0.15, 0.2) is 0 Å². The molecule has 1 saturated heterocycles. The van der Waals surface area contributed by atoms with Gasteiger partial charge in [-0.3, -0.25) is 0 Å². The minimum Gasteiger partial charge on any atom is -0.390 e. The monoisotopic (exact) mass is 294 g/mol. The van der Waals surface area contributed by atoms with Crippen LogP contribution in [0.25, 0.3) is 0 Å². The summed E-state index contributed by atoms with van der Waals surface area (Å²) in [6, 6.07) is 5.30. The summed E-state index contributed by atoms with van der Waals surface area (Å²) in [6.45, 7) is 7.10. The lowest BCUT2D eigenvalue weighted by molar-refractivity contribution is 0.0481. The van der Waals surface area contributed by atoms with Gasteiger partial charge in [0.2, 0.25) is 0 Å². The largest absolute Gasteiger partial charge is 0.390 e. The first-order valence-corrected chi connectivity index (χ1v) is 7.99. The molecule has 4 heteroatoms. The van der Waals surface area contributed by atoms with Crippen LogP contribution in [0.1, 0.15) is 45.1 Å². The van der Waals surface area contributed by atoms with Gasteiger partial charge in [-0.25, -0.2) is 4.39 Å². The molecule has 0 amide bonds. The third kappa shape index (κ3) is 4.42. The third-order valence-electron chi connectivity index (χ3n) is 4.23. The second-order valence-electron chi connectivity index (χ2n) is 6.25.